The van der Waals surface area contributed by atoms with Crippen LogP contribution in [0, 0.1) is 15.9 Å². The van der Waals surface area contributed by atoms with Crippen LogP contribution in [0.5, 0.6) is 0 Å². The summed E-state index contributed by atoms with van der Waals surface area (Å²) in [6.45, 7) is 2.75. The quantitative estimate of drug-likeness (QED) is 0.614. The lowest BCUT2D eigenvalue weighted by Gasteiger charge is -2.10. The number of nitrogens with zero attached hydrogens (tertiary/aromatic N) is 1. The molecule has 21 heavy (non-hydrogen) atoms. The smallest absolute Gasteiger partial charge is 0.273 e. The van der Waals surface area contributed by atoms with E-state index in [2.05, 4.69) is 10.6 Å². The number of hydrogen-bond acceptors (Lipinski definition) is 4. The van der Waals surface area contributed by atoms with Gasteiger partial charge in [-0.1, -0.05) is 6.92 Å². The Labute approximate surface area is 122 Å². The van der Waals surface area contributed by atoms with Crippen molar-refractivity contribution in [2.75, 3.05) is 17.2 Å². The third kappa shape index (κ3) is 4.17. The number of nitro benzene ring substituents is 1. The monoisotopic (exact) mass is 289 g/mol. The van der Waals surface area contributed by atoms with E-state index in [4.69, 9.17) is 0 Å². The molecule has 0 saturated carbocycles. The van der Waals surface area contributed by atoms with Gasteiger partial charge in [-0.05, 0) is 36.8 Å². The van der Waals surface area contributed by atoms with Gasteiger partial charge in [-0.3, -0.25) is 10.1 Å². The van der Waals surface area contributed by atoms with Crippen molar-refractivity contribution in [3.05, 3.63) is 58.4 Å². The van der Waals surface area contributed by atoms with Gasteiger partial charge in [0.15, 0.2) is 0 Å². The molecule has 0 saturated heterocycles. The molecule has 0 fully saturated rings. The first kappa shape index (κ1) is 14.8. The van der Waals surface area contributed by atoms with Gasteiger partial charge >= 0.3 is 0 Å². The molecule has 2 aromatic carbocycles. The van der Waals surface area contributed by atoms with E-state index >= 15 is 0 Å². The third-order valence-corrected chi connectivity index (χ3v) is 2.84. The van der Waals surface area contributed by atoms with E-state index in [1.165, 1.54) is 24.3 Å². The number of nitrogens with one attached hydrogen (secondary N) is 2. The Kier molecular flexibility index (Phi) is 4.71. The van der Waals surface area contributed by atoms with E-state index in [0.717, 1.165) is 13.0 Å². The first-order chi connectivity index (χ1) is 10.1. The predicted molar refractivity (Wildman–Crippen MR) is 81.6 cm³/mol. The predicted octanol–water partition coefficient (Wildman–Crippen LogP) is 4.30. The fraction of sp³-hybridized carbons (Fsp3) is 0.200. The van der Waals surface area contributed by atoms with Gasteiger partial charge in [0.1, 0.15) is 5.82 Å². The van der Waals surface area contributed by atoms with Gasteiger partial charge in [0, 0.05) is 35.7 Å². The molecular formula is C15H16FN3O2. The zero-order valence-corrected chi connectivity index (χ0v) is 11.6. The molecule has 5 nitrogen and oxygen atoms in total. The molecule has 0 heterocycles. The lowest BCUT2D eigenvalue weighted by Crippen LogP contribution is -2.02. The molecule has 0 aromatic heterocycles. The Balaban J connectivity index is 2.26. The zero-order chi connectivity index (χ0) is 15.2. The molecule has 110 valence electrons. The largest absolute Gasteiger partial charge is 0.385 e. The van der Waals surface area contributed by atoms with Crippen molar-refractivity contribution in [1.82, 2.24) is 0 Å². The number of benzene rings is 2. The average molecular weight is 289 g/mol. The number of non-ortho nitro benzene ring substituents is 1. The number of rotatable bonds is 6. The van der Waals surface area contributed by atoms with E-state index < -0.39 is 4.92 Å². The van der Waals surface area contributed by atoms with Gasteiger partial charge < -0.3 is 10.6 Å². The van der Waals surface area contributed by atoms with Crippen LogP contribution in [0.2, 0.25) is 0 Å². The van der Waals surface area contributed by atoms with Gasteiger partial charge in [0.25, 0.3) is 5.69 Å². The third-order valence-electron chi connectivity index (χ3n) is 2.84. The summed E-state index contributed by atoms with van der Waals surface area (Å²) in [7, 11) is 0. The van der Waals surface area contributed by atoms with Crippen molar-refractivity contribution in [2.24, 2.45) is 0 Å². The molecule has 0 bridgehead atoms. The first-order valence-corrected chi connectivity index (χ1v) is 6.64. The molecule has 6 heteroatoms. The summed E-state index contributed by atoms with van der Waals surface area (Å²) in [5.41, 5.74) is 1.92. The molecule has 0 aliphatic heterocycles. The Morgan fingerprint density at radius 1 is 1.10 bits per heavy atom. The van der Waals surface area contributed by atoms with Crippen molar-refractivity contribution in [3.8, 4) is 0 Å². The summed E-state index contributed by atoms with van der Waals surface area (Å²) in [6.07, 6.45) is 0.920. The molecule has 2 N–H and O–H groups in total. The first-order valence-electron chi connectivity index (χ1n) is 6.64. The number of hydrogen-bond donors (Lipinski definition) is 2. The minimum Gasteiger partial charge on any atom is -0.385 e. The SMILES string of the molecule is CCCNc1cc(Nc2ccc(F)cc2)cc([N+](=O)[O-])c1. The van der Waals surface area contributed by atoms with Gasteiger partial charge in [0.2, 0.25) is 0 Å². The highest BCUT2D eigenvalue weighted by Crippen LogP contribution is 2.27. The highest BCUT2D eigenvalue weighted by Gasteiger charge is 2.10. The lowest BCUT2D eigenvalue weighted by atomic mass is 10.2. The maximum Gasteiger partial charge on any atom is 0.273 e. The van der Waals surface area contributed by atoms with Crippen LogP contribution in [0.4, 0.5) is 27.1 Å². The molecule has 2 rings (SSSR count). The Morgan fingerprint density at radius 3 is 2.38 bits per heavy atom. The normalized spacial score (nSPS) is 10.2. The molecule has 2 aromatic rings. The summed E-state index contributed by atoms with van der Waals surface area (Å²) >= 11 is 0. The minimum atomic E-state index is -0.438. The van der Waals surface area contributed by atoms with E-state index in [-0.39, 0.29) is 11.5 Å². The van der Waals surface area contributed by atoms with Crippen LogP contribution in [0.1, 0.15) is 13.3 Å². The van der Waals surface area contributed by atoms with Crippen molar-refractivity contribution in [1.29, 1.82) is 0 Å². The van der Waals surface area contributed by atoms with Crippen molar-refractivity contribution < 1.29 is 9.31 Å². The van der Waals surface area contributed by atoms with E-state index in [0.29, 0.717) is 17.1 Å². The van der Waals surface area contributed by atoms with E-state index in [1.54, 1.807) is 18.2 Å². The Morgan fingerprint density at radius 2 is 1.76 bits per heavy atom. The molecular weight excluding hydrogens is 273 g/mol. The van der Waals surface area contributed by atoms with Gasteiger partial charge in [-0.2, -0.15) is 0 Å². The van der Waals surface area contributed by atoms with Crippen LogP contribution in [0.3, 0.4) is 0 Å². The topological polar surface area (TPSA) is 67.2 Å². The highest BCUT2D eigenvalue weighted by molar-refractivity contribution is 5.68. The van der Waals surface area contributed by atoms with Crippen LogP contribution in [-0.2, 0) is 0 Å². The Bertz CT molecular complexity index is 629. The second-order valence-corrected chi connectivity index (χ2v) is 4.58. The molecule has 0 spiro atoms. The zero-order valence-electron chi connectivity index (χ0n) is 11.6. The van der Waals surface area contributed by atoms with Crippen LogP contribution < -0.4 is 10.6 Å². The summed E-state index contributed by atoms with van der Waals surface area (Å²) in [5, 5.41) is 17.1. The van der Waals surface area contributed by atoms with Gasteiger partial charge in [-0.25, -0.2) is 4.39 Å². The summed E-state index contributed by atoms with van der Waals surface area (Å²) in [6, 6.07) is 10.5. The molecule has 0 aliphatic carbocycles. The minimum absolute atomic E-state index is 0.000662. The second-order valence-electron chi connectivity index (χ2n) is 4.58. The number of halogens is 1. The fourth-order valence-electron chi connectivity index (χ4n) is 1.86. The summed E-state index contributed by atoms with van der Waals surface area (Å²) < 4.78 is 12.9. The fourth-order valence-corrected chi connectivity index (χ4v) is 1.86. The second kappa shape index (κ2) is 6.69. The lowest BCUT2D eigenvalue weighted by molar-refractivity contribution is -0.384. The molecule has 0 atom stereocenters. The summed E-state index contributed by atoms with van der Waals surface area (Å²) in [5.74, 6) is -0.329. The standard InChI is InChI=1S/C15H16FN3O2/c1-2-7-17-13-8-14(10-15(9-13)19(20)21)18-12-5-3-11(16)4-6-12/h3-6,8-10,17-18H,2,7H2,1H3. The average Bonchev–Trinajstić information content (AvgIpc) is 2.47. The van der Waals surface area contributed by atoms with Gasteiger partial charge in [-0.15, -0.1) is 0 Å². The van der Waals surface area contributed by atoms with Crippen molar-refractivity contribution in [3.63, 3.8) is 0 Å². The molecule has 0 unspecified atom stereocenters. The maximum absolute atomic E-state index is 12.9. The van der Waals surface area contributed by atoms with Crippen molar-refractivity contribution in [2.45, 2.75) is 13.3 Å². The van der Waals surface area contributed by atoms with Crippen molar-refractivity contribution >= 4 is 22.7 Å². The van der Waals surface area contributed by atoms with Crippen LogP contribution in [0.25, 0.3) is 0 Å². The van der Waals surface area contributed by atoms with Gasteiger partial charge in [0.05, 0.1) is 4.92 Å². The highest BCUT2D eigenvalue weighted by atomic mass is 19.1. The van der Waals surface area contributed by atoms with E-state index in [9.17, 15) is 14.5 Å². The number of anilines is 3. The van der Waals surface area contributed by atoms with Crippen LogP contribution in [-0.4, -0.2) is 11.5 Å². The Hall–Kier alpha value is -2.63. The molecule has 0 aliphatic rings. The number of nitro groups is 1. The van der Waals surface area contributed by atoms with E-state index in [1.807, 2.05) is 6.92 Å². The maximum atomic E-state index is 12.9. The van der Waals surface area contributed by atoms with Crippen LogP contribution >= 0.6 is 0 Å². The van der Waals surface area contributed by atoms with Crippen LogP contribution in [0.15, 0.2) is 42.5 Å². The summed E-state index contributed by atoms with van der Waals surface area (Å²) in [4.78, 5) is 10.5. The molecule has 0 amide bonds. The molecule has 0 radical (unpaired) electrons.